The van der Waals surface area contributed by atoms with Gasteiger partial charge in [0.2, 0.25) is 11.9 Å². The van der Waals surface area contributed by atoms with Gasteiger partial charge in [0.15, 0.2) is 0 Å². The lowest BCUT2D eigenvalue weighted by Gasteiger charge is -2.20. The van der Waals surface area contributed by atoms with Crippen LogP contribution in [0, 0.1) is 13.8 Å². The van der Waals surface area contributed by atoms with Crippen molar-refractivity contribution in [3.63, 3.8) is 0 Å². The normalized spacial score (nSPS) is 10.7. The number of hydrogen-bond acceptors (Lipinski definition) is 4. The van der Waals surface area contributed by atoms with Crippen LogP contribution in [0.4, 0.5) is 5.95 Å². The zero-order chi connectivity index (χ0) is 24.9. The molecular formula is C27H25ClN4O2S. The first-order valence-corrected chi connectivity index (χ1v) is 12.3. The maximum absolute atomic E-state index is 13.1. The third kappa shape index (κ3) is 5.70. The number of benzene rings is 2. The van der Waals surface area contributed by atoms with E-state index in [1.807, 2.05) is 66.4 Å². The fraction of sp³-hybridized carbons (Fsp3) is 0.148. The van der Waals surface area contributed by atoms with E-state index in [1.165, 1.54) is 21.8 Å². The van der Waals surface area contributed by atoms with Crippen LogP contribution in [-0.2, 0) is 4.79 Å². The Morgan fingerprint density at radius 3 is 2.57 bits per heavy atom. The van der Waals surface area contributed by atoms with Crippen LogP contribution >= 0.6 is 22.9 Å². The molecule has 0 bridgehead atoms. The predicted octanol–water partition coefficient (Wildman–Crippen LogP) is 6.14. The Balaban J connectivity index is 1.64. The first-order chi connectivity index (χ1) is 16.9. The maximum atomic E-state index is 13.1. The third-order valence-electron chi connectivity index (χ3n) is 5.57. The van der Waals surface area contributed by atoms with E-state index >= 15 is 0 Å². The Hall–Kier alpha value is -3.68. The molecule has 2 aromatic heterocycles. The van der Waals surface area contributed by atoms with Crippen LogP contribution in [0.15, 0.2) is 78.8 Å². The highest BCUT2D eigenvalue weighted by Crippen LogP contribution is 2.26. The molecule has 4 rings (SSSR count). The summed E-state index contributed by atoms with van der Waals surface area (Å²) >= 11 is 7.39. The van der Waals surface area contributed by atoms with Crippen molar-refractivity contribution in [1.29, 1.82) is 0 Å². The van der Waals surface area contributed by atoms with Crippen molar-refractivity contribution >= 4 is 40.7 Å². The first-order valence-electron chi connectivity index (χ1n) is 11.0. The van der Waals surface area contributed by atoms with Crippen LogP contribution in [0.3, 0.4) is 0 Å². The van der Waals surface area contributed by atoms with E-state index in [0.717, 1.165) is 16.8 Å². The summed E-state index contributed by atoms with van der Waals surface area (Å²) in [7, 11) is 0. The molecule has 4 aromatic rings. The average molecular weight is 505 g/mol. The monoisotopic (exact) mass is 504 g/mol. The third-order valence-corrected chi connectivity index (χ3v) is 6.68. The van der Waals surface area contributed by atoms with Crippen molar-refractivity contribution in [1.82, 2.24) is 14.5 Å². The smallest absolute Gasteiger partial charge is 0.264 e. The van der Waals surface area contributed by atoms with Crippen molar-refractivity contribution in [2.45, 2.75) is 13.8 Å². The van der Waals surface area contributed by atoms with E-state index in [1.54, 1.807) is 24.3 Å². The second-order valence-electron chi connectivity index (χ2n) is 8.10. The number of nitrogens with zero attached hydrogens (tertiary/aromatic N) is 3. The van der Waals surface area contributed by atoms with Crippen molar-refractivity contribution in [2.75, 3.05) is 18.4 Å². The van der Waals surface area contributed by atoms with Crippen molar-refractivity contribution in [2.24, 2.45) is 0 Å². The molecule has 0 atom stereocenters. The zero-order valence-corrected chi connectivity index (χ0v) is 21.1. The minimum atomic E-state index is -0.352. The highest BCUT2D eigenvalue weighted by atomic mass is 35.5. The van der Waals surface area contributed by atoms with Crippen molar-refractivity contribution < 1.29 is 9.59 Å². The fourth-order valence-corrected chi connectivity index (χ4v) is 4.39. The van der Waals surface area contributed by atoms with Gasteiger partial charge in [0.1, 0.15) is 6.54 Å². The van der Waals surface area contributed by atoms with Gasteiger partial charge in [0, 0.05) is 29.0 Å². The molecule has 0 aliphatic heterocycles. The van der Waals surface area contributed by atoms with Crippen LogP contribution in [0.1, 0.15) is 20.8 Å². The van der Waals surface area contributed by atoms with Crippen LogP contribution in [0.25, 0.3) is 16.9 Å². The molecular weight excluding hydrogens is 480 g/mol. The van der Waals surface area contributed by atoms with E-state index in [0.29, 0.717) is 21.5 Å². The molecule has 0 unspecified atom stereocenters. The number of amides is 2. The number of anilines is 1. The summed E-state index contributed by atoms with van der Waals surface area (Å²) in [5.74, 6) is -0.199. The fourth-order valence-electron chi connectivity index (χ4n) is 3.57. The molecule has 1 N–H and O–H groups in total. The molecule has 0 aliphatic carbocycles. The lowest BCUT2D eigenvalue weighted by atomic mass is 10.1. The van der Waals surface area contributed by atoms with Crippen molar-refractivity contribution in [3.05, 3.63) is 99.9 Å². The Morgan fingerprint density at radius 1 is 1.14 bits per heavy atom. The van der Waals surface area contributed by atoms with Gasteiger partial charge >= 0.3 is 0 Å². The van der Waals surface area contributed by atoms with Crippen LogP contribution < -0.4 is 5.32 Å². The number of thiophene rings is 1. The van der Waals surface area contributed by atoms with E-state index in [9.17, 15) is 9.59 Å². The maximum Gasteiger partial charge on any atom is 0.264 e. The number of carbonyl (C=O) groups excluding carboxylic acids is 2. The molecule has 6 nitrogen and oxygen atoms in total. The van der Waals surface area contributed by atoms with Gasteiger partial charge in [-0.15, -0.1) is 17.9 Å². The molecule has 0 radical (unpaired) electrons. The number of halogens is 1. The molecule has 0 aliphatic rings. The Bertz CT molecular complexity index is 1360. The van der Waals surface area contributed by atoms with Crippen molar-refractivity contribution in [3.8, 4) is 16.9 Å². The van der Waals surface area contributed by atoms with E-state index in [4.69, 9.17) is 16.6 Å². The molecule has 0 spiro atoms. The summed E-state index contributed by atoms with van der Waals surface area (Å²) in [5, 5.41) is 5.36. The van der Waals surface area contributed by atoms with Crippen LogP contribution in [0.2, 0.25) is 5.02 Å². The topological polar surface area (TPSA) is 67.2 Å². The average Bonchev–Trinajstić information content (AvgIpc) is 3.51. The minimum absolute atomic E-state index is 0.126. The predicted molar refractivity (Wildman–Crippen MR) is 143 cm³/mol. The number of aryl methyl sites for hydroxylation is 2. The minimum Gasteiger partial charge on any atom is -0.325 e. The molecule has 2 amide bonds. The van der Waals surface area contributed by atoms with Crippen LogP contribution in [0.5, 0.6) is 0 Å². The quantitative estimate of drug-likeness (QED) is 0.293. The van der Waals surface area contributed by atoms with E-state index in [-0.39, 0.29) is 24.9 Å². The summed E-state index contributed by atoms with van der Waals surface area (Å²) in [5.41, 5.74) is 4.72. The van der Waals surface area contributed by atoms with Crippen LogP contribution in [-0.4, -0.2) is 39.4 Å². The molecule has 0 saturated carbocycles. The molecule has 2 aromatic carbocycles. The Kier molecular flexibility index (Phi) is 7.48. The van der Waals surface area contributed by atoms with Gasteiger partial charge in [0.25, 0.3) is 5.91 Å². The number of rotatable bonds is 8. The number of imidazole rings is 1. The second-order valence-corrected chi connectivity index (χ2v) is 9.48. The van der Waals surface area contributed by atoms with Gasteiger partial charge in [-0.05, 0) is 60.7 Å². The Morgan fingerprint density at radius 2 is 1.91 bits per heavy atom. The standard InChI is InChI=1S/C27H25ClN4O2S/c1-4-13-31(26(34)24-6-5-14-35-24)17-25(33)30-27-29-23(20-8-10-21(28)11-9-20)16-32(27)22-12-7-18(2)19(3)15-22/h4-12,14-16H,1,13,17H2,2-3H3,(H,29,30,33). The molecule has 0 fully saturated rings. The lowest BCUT2D eigenvalue weighted by Crippen LogP contribution is -2.38. The summed E-state index contributed by atoms with van der Waals surface area (Å²) in [6.45, 7) is 7.94. The SMILES string of the molecule is C=CCN(CC(=O)Nc1nc(-c2ccc(Cl)cc2)cn1-c1ccc(C)c(C)c1)C(=O)c1cccs1. The number of carbonyl (C=O) groups is 2. The summed E-state index contributed by atoms with van der Waals surface area (Å²) in [6.07, 6.45) is 3.48. The number of aromatic nitrogens is 2. The first kappa shape index (κ1) is 24.4. The summed E-state index contributed by atoms with van der Waals surface area (Å²) in [4.78, 5) is 32.6. The molecule has 8 heteroatoms. The second kappa shape index (κ2) is 10.7. The highest BCUT2D eigenvalue weighted by molar-refractivity contribution is 7.12. The van der Waals surface area contributed by atoms with E-state index in [2.05, 4.69) is 11.9 Å². The molecule has 178 valence electrons. The summed E-state index contributed by atoms with van der Waals surface area (Å²) < 4.78 is 1.84. The van der Waals surface area contributed by atoms with Gasteiger partial charge < -0.3 is 4.90 Å². The number of nitrogens with one attached hydrogen (secondary N) is 1. The largest absolute Gasteiger partial charge is 0.325 e. The summed E-state index contributed by atoms with van der Waals surface area (Å²) in [6, 6.07) is 17.0. The van der Waals surface area contributed by atoms with Gasteiger partial charge in [-0.1, -0.05) is 41.9 Å². The lowest BCUT2D eigenvalue weighted by molar-refractivity contribution is -0.116. The van der Waals surface area contributed by atoms with Gasteiger partial charge in [-0.3, -0.25) is 19.5 Å². The Labute approximate surface area is 213 Å². The van der Waals surface area contributed by atoms with Gasteiger partial charge in [-0.2, -0.15) is 0 Å². The molecule has 0 saturated heterocycles. The molecule has 2 heterocycles. The highest BCUT2D eigenvalue weighted by Gasteiger charge is 2.21. The van der Waals surface area contributed by atoms with Gasteiger partial charge in [0.05, 0.1) is 10.6 Å². The van der Waals surface area contributed by atoms with Gasteiger partial charge in [-0.25, -0.2) is 4.98 Å². The number of hydrogen-bond donors (Lipinski definition) is 1. The van der Waals surface area contributed by atoms with E-state index < -0.39 is 0 Å². The zero-order valence-electron chi connectivity index (χ0n) is 19.5. The molecule has 35 heavy (non-hydrogen) atoms.